The van der Waals surface area contributed by atoms with E-state index in [9.17, 15) is 0 Å². The topological polar surface area (TPSA) is 25.8 Å². The van der Waals surface area contributed by atoms with Crippen molar-refractivity contribution < 1.29 is 0 Å². The molecule has 0 unspecified atom stereocenters. The number of hydrogen-bond acceptors (Lipinski definition) is 2. The van der Waals surface area contributed by atoms with Crippen LogP contribution in [0.3, 0.4) is 0 Å². The van der Waals surface area contributed by atoms with Crippen LogP contribution in [0.1, 0.15) is 49.9 Å². The number of hydrogen-bond donors (Lipinski definition) is 0. The van der Waals surface area contributed by atoms with Gasteiger partial charge in [0.2, 0.25) is 0 Å². The molecule has 276 valence electrons. The summed E-state index contributed by atoms with van der Waals surface area (Å²) >= 11 is 0. The van der Waals surface area contributed by atoms with Crippen molar-refractivity contribution in [1.82, 2.24) is 9.97 Å². The Labute approximate surface area is 340 Å². The lowest BCUT2D eigenvalue weighted by Crippen LogP contribution is -2.16. The smallest absolute Gasteiger partial charge is 0.160 e. The number of aromatic nitrogens is 2. The van der Waals surface area contributed by atoms with Gasteiger partial charge in [0.15, 0.2) is 5.82 Å². The van der Waals surface area contributed by atoms with Gasteiger partial charge in [-0.3, -0.25) is 0 Å². The fraction of sp³-hybridized carbons (Fsp3) is 0.107. The second-order valence-corrected chi connectivity index (χ2v) is 17.0. The first-order chi connectivity index (χ1) is 28.3. The van der Waals surface area contributed by atoms with E-state index in [2.05, 4.69) is 204 Å². The van der Waals surface area contributed by atoms with Crippen LogP contribution in [0.2, 0.25) is 0 Å². The molecule has 0 N–H and O–H groups in total. The summed E-state index contributed by atoms with van der Waals surface area (Å²) in [5.74, 6) is 0.721. The van der Waals surface area contributed by atoms with Crippen LogP contribution in [0.5, 0.6) is 0 Å². The Morgan fingerprint density at radius 2 is 0.914 bits per heavy atom. The third-order valence-corrected chi connectivity index (χ3v) is 12.9. The molecule has 0 fully saturated rings. The number of fused-ring (bicyclic) bond motifs is 7. The maximum atomic E-state index is 5.30. The third-order valence-electron chi connectivity index (χ3n) is 12.9. The summed E-state index contributed by atoms with van der Waals surface area (Å²) in [6.45, 7) is 9.41. The first-order valence-corrected chi connectivity index (χ1v) is 20.3. The van der Waals surface area contributed by atoms with Crippen molar-refractivity contribution in [3.8, 4) is 78.4 Å². The average molecular weight is 743 g/mol. The first-order valence-electron chi connectivity index (χ1n) is 20.3. The lowest BCUT2D eigenvalue weighted by molar-refractivity contribution is 0.661. The van der Waals surface area contributed by atoms with Crippen molar-refractivity contribution in [3.05, 3.63) is 204 Å². The zero-order valence-electron chi connectivity index (χ0n) is 33.2. The third kappa shape index (κ3) is 5.25. The molecule has 2 aliphatic carbocycles. The van der Waals surface area contributed by atoms with Gasteiger partial charge in [-0.15, -0.1) is 0 Å². The molecule has 2 nitrogen and oxygen atoms in total. The zero-order chi connectivity index (χ0) is 39.2. The molecule has 2 aliphatic rings. The molecule has 9 aromatic rings. The van der Waals surface area contributed by atoms with Crippen LogP contribution in [0, 0.1) is 0 Å². The van der Waals surface area contributed by atoms with Crippen LogP contribution < -0.4 is 0 Å². The van der Waals surface area contributed by atoms with Gasteiger partial charge in [-0.2, -0.15) is 0 Å². The molecule has 1 aromatic heterocycles. The highest BCUT2D eigenvalue weighted by atomic mass is 14.9. The van der Waals surface area contributed by atoms with E-state index in [0.717, 1.165) is 33.9 Å². The van der Waals surface area contributed by atoms with E-state index in [1.54, 1.807) is 0 Å². The highest BCUT2D eigenvalue weighted by Gasteiger charge is 2.38. The summed E-state index contributed by atoms with van der Waals surface area (Å²) in [5.41, 5.74) is 20.4. The van der Waals surface area contributed by atoms with Crippen molar-refractivity contribution >= 4 is 10.8 Å². The van der Waals surface area contributed by atoms with E-state index in [1.165, 1.54) is 77.5 Å². The van der Waals surface area contributed by atoms with Crippen molar-refractivity contribution in [1.29, 1.82) is 0 Å². The molecule has 0 radical (unpaired) electrons. The Morgan fingerprint density at radius 3 is 1.74 bits per heavy atom. The summed E-state index contributed by atoms with van der Waals surface area (Å²) in [5, 5.41) is 2.52. The first kappa shape index (κ1) is 34.4. The maximum absolute atomic E-state index is 5.30. The minimum Gasteiger partial charge on any atom is -0.228 e. The minimum atomic E-state index is -0.141. The summed E-state index contributed by atoms with van der Waals surface area (Å²) in [6.07, 6.45) is 0. The Kier molecular flexibility index (Phi) is 7.59. The van der Waals surface area contributed by atoms with E-state index in [4.69, 9.17) is 9.97 Å². The van der Waals surface area contributed by atoms with Gasteiger partial charge in [0.25, 0.3) is 0 Å². The SMILES string of the molecule is CC1(C)c2cc3ccccc3cc2-c2c(-c3cc(-c4ccc(-c5cccc(-c6cccc7c6C(C)(C)c6ccccc6-7)c5)cc4)nc(-c4ccccc4)n3)cccc21. The molecule has 0 aliphatic heterocycles. The number of benzene rings is 8. The molecule has 0 saturated carbocycles. The molecule has 0 atom stereocenters. The van der Waals surface area contributed by atoms with Gasteiger partial charge >= 0.3 is 0 Å². The largest absolute Gasteiger partial charge is 0.228 e. The van der Waals surface area contributed by atoms with Gasteiger partial charge in [0.1, 0.15) is 0 Å². The second-order valence-electron chi connectivity index (χ2n) is 17.0. The molecule has 0 bridgehead atoms. The fourth-order valence-electron chi connectivity index (χ4n) is 9.92. The van der Waals surface area contributed by atoms with E-state index >= 15 is 0 Å². The van der Waals surface area contributed by atoms with E-state index in [1.807, 2.05) is 6.07 Å². The molecule has 58 heavy (non-hydrogen) atoms. The minimum absolute atomic E-state index is 0.0804. The Hall–Kier alpha value is -6.90. The van der Waals surface area contributed by atoms with Gasteiger partial charge in [0, 0.05) is 27.5 Å². The highest BCUT2D eigenvalue weighted by Crippen LogP contribution is 2.54. The molecule has 11 rings (SSSR count). The zero-order valence-corrected chi connectivity index (χ0v) is 33.2. The molecule has 0 spiro atoms. The monoisotopic (exact) mass is 742 g/mol. The highest BCUT2D eigenvalue weighted by molar-refractivity contribution is 5.98. The summed E-state index contributed by atoms with van der Waals surface area (Å²) in [4.78, 5) is 10.5. The molecule has 0 amide bonds. The fourth-order valence-corrected chi connectivity index (χ4v) is 9.92. The maximum Gasteiger partial charge on any atom is 0.160 e. The van der Waals surface area contributed by atoms with Crippen LogP contribution in [-0.2, 0) is 10.8 Å². The van der Waals surface area contributed by atoms with Gasteiger partial charge in [0.05, 0.1) is 11.4 Å². The van der Waals surface area contributed by atoms with Crippen molar-refractivity contribution in [3.63, 3.8) is 0 Å². The number of nitrogens with zero attached hydrogens (tertiary/aromatic N) is 2. The van der Waals surface area contributed by atoms with Crippen LogP contribution >= 0.6 is 0 Å². The van der Waals surface area contributed by atoms with Crippen LogP contribution in [0.25, 0.3) is 89.2 Å². The molecular formula is C56H42N2. The summed E-state index contributed by atoms with van der Waals surface area (Å²) in [7, 11) is 0. The van der Waals surface area contributed by atoms with Gasteiger partial charge in [-0.25, -0.2) is 9.97 Å². The van der Waals surface area contributed by atoms with Gasteiger partial charge in [-0.05, 0) is 102 Å². The van der Waals surface area contributed by atoms with Crippen molar-refractivity contribution in [2.45, 2.75) is 38.5 Å². The van der Waals surface area contributed by atoms with E-state index in [-0.39, 0.29) is 10.8 Å². The van der Waals surface area contributed by atoms with E-state index < -0.39 is 0 Å². The van der Waals surface area contributed by atoms with E-state index in [0.29, 0.717) is 0 Å². The second kappa shape index (κ2) is 12.8. The average Bonchev–Trinajstić information content (AvgIpc) is 3.65. The van der Waals surface area contributed by atoms with Gasteiger partial charge in [-0.1, -0.05) is 185 Å². The Bertz CT molecular complexity index is 3100. The molecule has 1 heterocycles. The summed E-state index contributed by atoms with van der Waals surface area (Å²) in [6, 6.07) is 66.2. The van der Waals surface area contributed by atoms with Crippen molar-refractivity contribution in [2.75, 3.05) is 0 Å². The molecular weight excluding hydrogens is 701 g/mol. The van der Waals surface area contributed by atoms with Gasteiger partial charge < -0.3 is 0 Å². The molecule has 0 saturated heterocycles. The van der Waals surface area contributed by atoms with Crippen LogP contribution in [0.4, 0.5) is 0 Å². The standard InChI is InChI=1S/C56H42N2/c1-55(2)48-26-14-24-45(52(48)46-32-39-17-8-9-18-40(39)33-49(46)55)51-34-50(57-54(58-51)37-15-6-5-7-16-37)36-29-27-35(28-30-36)38-19-12-20-41(31-38)42-22-13-23-44-43-21-10-11-25-47(43)56(3,4)53(42)44/h5-34H,1-4H3. The molecule has 2 heteroatoms. The quantitative estimate of drug-likeness (QED) is 0.175. The Morgan fingerprint density at radius 1 is 0.328 bits per heavy atom. The molecule has 8 aromatic carbocycles. The van der Waals surface area contributed by atoms with Crippen molar-refractivity contribution in [2.24, 2.45) is 0 Å². The summed E-state index contributed by atoms with van der Waals surface area (Å²) < 4.78 is 0. The Balaban J connectivity index is 1.00. The predicted molar refractivity (Wildman–Crippen MR) is 242 cm³/mol. The van der Waals surface area contributed by atoms with Crippen LogP contribution in [0.15, 0.2) is 182 Å². The lowest BCUT2D eigenvalue weighted by Gasteiger charge is -2.24. The normalized spacial score (nSPS) is 14.1. The van der Waals surface area contributed by atoms with Crippen LogP contribution in [-0.4, -0.2) is 9.97 Å². The number of rotatable bonds is 5. The predicted octanol–water partition coefficient (Wildman–Crippen LogP) is 14.6. The lowest BCUT2D eigenvalue weighted by atomic mass is 9.78.